The maximum absolute atomic E-state index is 12.5. The molecule has 1 atom stereocenters. The van der Waals surface area contributed by atoms with E-state index in [1.54, 1.807) is 43.3 Å². The minimum atomic E-state index is -1.02. The summed E-state index contributed by atoms with van der Waals surface area (Å²) in [5.41, 5.74) is 1.49. The molecule has 2 heterocycles. The number of hydrogen-bond acceptors (Lipinski definition) is 5. The molecule has 0 bridgehead atoms. The van der Waals surface area contributed by atoms with Crippen molar-refractivity contribution in [1.82, 2.24) is 9.97 Å². The summed E-state index contributed by atoms with van der Waals surface area (Å²) in [6.45, 7) is 3.18. The number of amides is 1. The average molecular weight is 404 g/mol. The molecule has 0 saturated carbocycles. The molecule has 0 spiro atoms. The number of nitrogens with one attached hydrogen (secondary N) is 1. The number of benzene rings is 1. The van der Waals surface area contributed by atoms with E-state index in [2.05, 4.69) is 15.3 Å². The number of nitrogens with zero attached hydrogens (tertiary/aromatic N) is 2. The van der Waals surface area contributed by atoms with Crippen molar-refractivity contribution in [2.24, 2.45) is 0 Å². The number of esters is 1. The maximum Gasteiger partial charge on any atom is 0.340 e. The molecule has 0 aliphatic heterocycles. The van der Waals surface area contributed by atoms with Gasteiger partial charge in [0.05, 0.1) is 21.8 Å². The molecule has 1 aromatic carbocycles. The Morgan fingerprint density at radius 2 is 1.85 bits per heavy atom. The lowest BCUT2D eigenvalue weighted by molar-refractivity contribution is -0.123. The lowest BCUT2D eigenvalue weighted by Gasteiger charge is -2.14. The van der Waals surface area contributed by atoms with Crippen molar-refractivity contribution in [3.63, 3.8) is 0 Å². The summed E-state index contributed by atoms with van der Waals surface area (Å²) in [5, 5.41) is 4.26. The number of carbonyl (C=O) groups excluding carboxylic acids is 2. The van der Waals surface area contributed by atoms with Crippen molar-refractivity contribution < 1.29 is 14.3 Å². The van der Waals surface area contributed by atoms with Crippen molar-refractivity contribution in [2.45, 2.75) is 20.0 Å². The second-order valence-electron chi connectivity index (χ2n) is 5.86. The van der Waals surface area contributed by atoms with E-state index in [9.17, 15) is 9.59 Å². The van der Waals surface area contributed by atoms with Gasteiger partial charge in [-0.2, -0.15) is 0 Å². The normalized spacial score (nSPS) is 11.9. The number of anilines is 1. The number of rotatable bonds is 4. The molecule has 3 rings (SSSR count). The Morgan fingerprint density at radius 3 is 2.56 bits per heavy atom. The molecule has 1 amide bonds. The Hall–Kier alpha value is -2.70. The Morgan fingerprint density at radius 1 is 1.11 bits per heavy atom. The lowest BCUT2D eigenvalue weighted by Crippen LogP contribution is -2.30. The standard InChI is InChI=1S/C19H15Cl2N3O3/c1-10-15(8-12-7-13(20)3-5-16(12)23-10)19(26)27-11(2)18(25)24-17-6-4-14(21)9-22-17/h3-9,11H,1-2H3,(H,22,24,25). The Labute approximate surface area is 165 Å². The van der Waals surface area contributed by atoms with E-state index in [1.165, 1.54) is 13.1 Å². The van der Waals surface area contributed by atoms with E-state index in [1.807, 2.05) is 0 Å². The highest BCUT2D eigenvalue weighted by atomic mass is 35.5. The van der Waals surface area contributed by atoms with E-state index >= 15 is 0 Å². The van der Waals surface area contributed by atoms with E-state index in [4.69, 9.17) is 27.9 Å². The maximum atomic E-state index is 12.5. The molecule has 138 valence electrons. The molecule has 27 heavy (non-hydrogen) atoms. The molecule has 3 aromatic rings. The van der Waals surface area contributed by atoms with Crippen LogP contribution in [0.25, 0.3) is 10.9 Å². The first kappa shape index (κ1) is 19.1. The topological polar surface area (TPSA) is 81.2 Å². The van der Waals surface area contributed by atoms with Crippen LogP contribution in [0.2, 0.25) is 10.0 Å². The first-order chi connectivity index (χ1) is 12.8. The minimum Gasteiger partial charge on any atom is -0.449 e. The van der Waals surface area contributed by atoms with Crippen molar-refractivity contribution >= 4 is 51.8 Å². The highest BCUT2D eigenvalue weighted by molar-refractivity contribution is 6.31. The Bertz CT molecular complexity index is 1020. The fraction of sp³-hybridized carbons (Fsp3) is 0.158. The average Bonchev–Trinajstić information content (AvgIpc) is 2.63. The molecule has 0 radical (unpaired) electrons. The van der Waals surface area contributed by atoms with Crippen LogP contribution in [-0.4, -0.2) is 27.9 Å². The van der Waals surface area contributed by atoms with Crippen LogP contribution < -0.4 is 5.32 Å². The molecule has 2 aromatic heterocycles. The highest BCUT2D eigenvalue weighted by Gasteiger charge is 2.21. The number of pyridine rings is 2. The zero-order valence-corrected chi connectivity index (χ0v) is 16.0. The second kappa shape index (κ2) is 7.90. The fourth-order valence-electron chi connectivity index (χ4n) is 2.41. The highest BCUT2D eigenvalue weighted by Crippen LogP contribution is 2.21. The monoisotopic (exact) mass is 403 g/mol. The number of carbonyl (C=O) groups is 2. The third-order valence-electron chi connectivity index (χ3n) is 3.82. The van der Waals surface area contributed by atoms with Gasteiger partial charge in [-0.3, -0.25) is 9.78 Å². The molecule has 6 nitrogen and oxygen atoms in total. The van der Waals surface area contributed by atoms with Crippen LogP contribution in [0.4, 0.5) is 5.82 Å². The van der Waals surface area contributed by atoms with E-state index in [0.29, 0.717) is 32.5 Å². The first-order valence-corrected chi connectivity index (χ1v) is 8.79. The number of fused-ring (bicyclic) bond motifs is 1. The van der Waals surface area contributed by atoms with Crippen LogP contribution in [0.3, 0.4) is 0 Å². The predicted molar refractivity (Wildman–Crippen MR) is 104 cm³/mol. The SMILES string of the molecule is Cc1nc2ccc(Cl)cc2cc1C(=O)OC(C)C(=O)Nc1ccc(Cl)cn1. The minimum absolute atomic E-state index is 0.272. The van der Waals surface area contributed by atoms with E-state index < -0.39 is 18.0 Å². The number of ether oxygens (including phenoxy) is 1. The molecule has 1 N–H and O–H groups in total. The molecule has 0 aliphatic rings. The van der Waals surface area contributed by atoms with Gasteiger partial charge in [-0.25, -0.2) is 9.78 Å². The molecule has 0 fully saturated rings. The van der Waals surface area contributed by atoms with Crippen LogP contribution in [0, 0.1) is 6.92 Å². The number of halogens is 2. The molecule has 8 heteroatoms. The van der Waals surface area contributed by atoms with Crippen LogP contribution in [0.1, 0.15) is 23.0 Å². The summed E-state index contributed by atoms with van der Waals surface area (Å²) < 4.78 is 5.28. The summed E-state index contributed by atoms with van der Waals surface area (Å²) in [4.78, 5) is 33.1. The van der Waals surface area contributed by atoms with Crippen molar-refractivity contribution in [2.75, 3.05) is 5.32 Å². The van der Waals surface area contributed by atoms with E-state index in [-0.39, 0.29) is 5.56 Å². The van der Waals surface area contributed by atoms with Crippen LogP contribution >= 0.6 is 23.2 Å². The van der Waals surface area contributed by atoms with Gasteiger partial charge < -0.3 is 10.1 Å². The van der Waals surface area contributed by atoms with Gasteiger partial charge in [0.2, 0.25) is 0 Å². The third kappa shape index (κ3) is 4.53. The summed E-state index contributed by atoms with van der Waals surface area (Å²) in [7, 11) is 0. The molecular weight excluding hydrogens is 389 g/mol. The van der Waals surface area contributed by atoms with E-state index in [0.717, 1.165) is 0 Å². The molecule has 0 aliphatic carbocycles. The third-order valence-corrected chi connectivity index (χ3v) is 4.28. The molecular formula is C19H15Cl2N3O3. The van der Waals surface area contributed by atoms with Gasteiger partial charge in [0.25, 0.3) is 5.91 Å². The van der Waals surface area contributed by atoms with Crippen molar-refractivity contribution in [3.05, 3.63) is 63.9 Å². The summed E-state index contributed by atoms with van der Waals surface area (Å²) in [6.07, 6.45) is 0.382. The predicted octanol–water partition coefficient (Wildman–Crippen LogP) is 4.43. The lowest BCUT2D eigenvalue weighted by atomic mass is 10.1. The van der Waals surface area contributed by atoms with Crippen molar-refractivity contribution in [3.8, 4) is 0 Å². The van der Waals surface area contributed by atoms with Crippen LogP contribution in [0.5, 0.6) is 0 Å². The number of hydrogen-bond donors (Lipinski definition) is 1. The smallest absolute Gasteiger partial charge is 0.340 e. The fourth-order valence-corrected chi connectivity index (χ4v) is 2.70. The van der Waals surface area contributed by atoms with Gasteiger partial charge >= 0.3 is 5.97 Å². The van der Waals surface area contributed by atoms with Crippen molar-refractivity contribution in [1.29, 1.82) is 0 Å². The van der Waals surface area contributed by atoms with Gasteiger partial charge in [0.1, 0.15) is 5.82 Å². The summed E-state index contributed by atoms with van der Waals surface area (Å²) in [6, 6.07) is 10.0. The summed E-state index contributed by atoms with van der Waals surface area (Å²) >= 11 is 11.7. The molecule has 0 saturated heterocycles. The Kier molecular flexibility index (Phi) is 5.58. The van der Waals surface area contributed by atoms with Gasteiger partial charge in [0.15, 0.2) is 6.10 Å². The zero-order valence-electron chi connectivity index (χ0n) is 14.5. The zero-order chi connectivity index (χ0) is 19.6. The van der Waals surface area contributed by atoms with Gasteiger partial charge in [-0.15, -0.1) is 0 Å². The number of aryl methyl sites for hydroxylation is 1. The number of aromatic nitrogens is 2. The van der Waals surface area contributed by atoms with Gasteiger partial charge in [-0.05, 0) is 50.2 Å². The second-order valence-corrected chi connectivity index (χ2v) is 6.73. The quantitative estimate of drug-likeness (QED) is 0.651. The van der Waals surface area contributed by atoms with Gasteiger partial charge in [0, 0.05) is 16.6 Å². The van der Waals surface area contributed by atoms with Gasteiger partial charge in [-0.1, -0.05) is 23.2 Å². The van der Waals surface area contributed by atoms with Crippen LogP contribution in [-0.2, 0) is 9.53 Å². The first-order valence-electron chi connectivity index (χ1n) is 8.04. The Balaban J connectivity index is 1.74. The molecule has 1 unspecified atom stereocenters. The summed E-state index contributed by atoms with van der Waals surface area (Å²) in [5.74, 6) is -0.841. The largest absolute Gasteiger partial charge is 0.449 e. The van der Waals surface area contributed by atoms with Crippen LogP contribution in [0.15, 0.2) is 42.6 Å².